The summed E-state index contributed by atoms with van der Waals surface area (Å²) in [6.45, 7) is 0.893. The first kappa shape index (κ1) is 16.8. The summed E-state index contributed by atoms with van der Waals surface area (Å²) in [5, 5.41) is 5.90. The van der Waals surface area contributed by atoms with Gasteiger partial charge in [0.05, 0.1) is 12.8 Å². The summed E-state index contributed by atoms with van der Waals surface area (Å²) in [6.07, 6.45) is 6.29. The van der Waals surface area contributed by atoms with Crippen molar-refractivity contribution in [2.24, 2.45) is 10.7 Å². The maximum absolute atomic E-state index is 11.5. The first-order valence-corrected chi connectivity index (χ1v) is 6.64. The molecule has 1 aromatic rings. The van der Waals surface area contributed by atoms with E-state index in [0.717, 1.165) is 12.8 Å². The summed E-state index contributed by atoms with van der Waals surface area (Å²) < 4.78 is 4.98. The van der Waals surface area contributed by atoms with Crippen LogP contribution in [0.3, 0.4) is 0 Å². The third-order valence-electron chi connectivity index (χ3n) is 3.13. The van der Waals surface area contributed by atoms with Crippen molar-refractivity contribution in [3.8, 4) is 0 Å². The zero-order chi connectivity index (χ0) is 13.5. The van der Waals surface area contributed by atoms with Gasteiger partial charge in [0.2, 0.25) is 0 Å². The van der Waals surface area contributed by atoms with Gasteiger partial charge in [0, 0.05) is 12.6 Å². The van der Waals surface area contributed by atoms with Crippen molar-refractivity contribution in [3.63, 3.8) is 0 Å². The number of hydrogen-bond acceptors (Lipinski definition) is 3. The van der Waals surface area contributed by atoms with Crippen LogP contribution in [0, 0.1) is 0 Å². The molecule has 1 amide bonds. The highest BCUT2D eigenvalue weighted by atomic mass is 127. The minimum atomic E-state index is -0.234. The highest BCUT2D eigenvalue weighted by Gasteiger charge is 2.14. The molecule has 0 spiro atoms. The number of carbonyl (C=O) groups is 1. The van der Waals surface area contributed by atoms with E-state index in [1.165, 1.54) is 19.1 Å². The number of carbonyl (C=O) groups excluding carboxylic acids is 1. The number of nitrogens with two attached hydrogens (primary N) is 1. The molecular formula is C13H21IN4O2. The number of rotatable bonds is 5. The molecule has 112 valence electrons. The number of nitrogens with zero attached hydrogens (tertiary/aromatic N) is 1. The number of guanidine groups is 1. The molecule has 0 unspecified atom stereocenters. The Morgan fingerprint density at radius 2 is 2.20 bits per heavy atom. The summed E-state index contributed by atoms with van der Waals surface area (Å²) in [7, 11) is 0. The zero-order valence-corrected chi connectivity index (χ0v) is 13.6. The van der Waals surface area contributed by atoms with E-state index in [2.05, 4.69) is 15.6 Å². The molecule has 0 aliphatic heterocycles. The molecule has 1 aliphatic carbocycles. The smallest absolute Gasteiger partial charge is 0.287 e. The van der Waals surface area contributed by atoms with Crippen LogP contribution in [0.4, 0.5) is 0 Å². The van der Waals surface area contributed by atoms with Crippen LogP contribution in [0.25, 0.3) is 0 Å². The van der Waals surface area contributed by atoms with Crippen LogP contribution < -0.4 is 16.4 Å². The number of furan rings is 1. The van der Waals surface area contributed by atoms with Crippen LogP contribution in [0.1, 0.15) is 36.2 Å². The predicted octanol–water partition coefficient (Wildman–Crippen LogP) is 1.47. The van der Waals surface area contributed by atoms with Crippen LogP contribution in [-0.4, -0.2) is 31.0 Å². The molecule has 0 bridgehead atoms. The molecule has 1 fully saturated rings. The van der Waals surface area contributed by atoms with E-state index < -0.39 is 0 Å². The fourth-order valence-electron chi connectivity index (χ4n) is 2.17. The van der Waals surface area contributed by atoms with E-state index in [4.69, 9.17) is 10.2 Å². The fraction of sp³-hybridized carbons (Fsp3) is 0.538. The Labute approximate surface area is 135 Å². The van der Waals surface area contributed by atoms with Crippen molar-refractivity contribution in [2.45, 2.75) is 31.7 Å². The Bertz CT molecular complexity index is 428. The molecule has 4 N–H and O–H groups in total. The van der Waals surface area contributed by atoms with Crippen molar-refractivity contribution in [3.05, 3.63) is 24.2 Å². The average molecular weight is 392 g/mol. The largest absolute Gasteiger partial charge is 0.459 e. The molecule has 1 heterocycles. The Hall–Kier alpha value is -1.25. The van der Waals surface area contributed by atoms with E-state index in [-0.39, 0.29) is 29.9 Å². The van der Waals surface area contributed by atoms with Gasteiger partial charge in [-0.15, -0.1) is 24.0 Å². The molecule has 0 saturated heterocycles. The average Bonchev–Trinajstić information content (AvgIpc) is 3.06. The second-order valence-corrected chi connectivity index (χ2v) is 4.63. The van der Waals surface area contributed by atoms with E-state index in [1.807, 2.05) is 0 Å². The monoisotopic (exact) mass is 392 g/mol. The first-order valence-electron chi connectivity index (χ1n) is 6.64. The van der Waals surface area contributed by atoms with Crippen molar-refractivity contribution in [1.82, 2.24) is 10.6 Å². The van der Waals surface area contributed by atoms with Gasteiger partial charge in [0.15, 0.2) is 11.7 Å². The van der Waals surface area contributed by atoms with Crippen LogP contribution in [0.5, 0.6) is 0 Å². The normalized spacial score (nSPS) is 15.7. The summed E-state index contributed by atoms with van der Waals surface area (Å²) in [6, 6.07) is 3.76. The predicted molar refractivity (Wildman–Crippen MR) is 88.3 cm³/mol. The van der Waals surface area contributed by atoms with Crippen molar-refractivity contribution in [2.75, 3.05) is 13.1 Å². The lowest BCUT2D eigenvalue weighted by atomic mass is 10.2. The van der Waals surface area contributed by atoms with Gasteiger partial charge >= 0.3 is 0 Å². The molecule has 1 aromatic heterocycles. The molecule has 1 saturated carbocycles. The molecule has 7 heteroatoms. The lowest BCUT2D eigenvalue weighted by molar-refractivity contribution is 0.0927. The second-order valence-electron chi connectivity index (χ2n) is 4.63. The molecular weight excluding hydrogens is 371 g/mol. The summed E-state index contributed by atoms with van der Waals surface area (Å²) in [4.78, 5) is 15.7. The van der Waals surface area contributed by atoms with E-state index >= 15 is 0 Å². The van der Waals surface area contributed by atoms with Gasteiger partial charge in [0.1, 0.15) is 0 Å². The number of nitrogens with one attached hydrogen (secondary N) is 2. The van der Waals surface area contributed by atoms with Crippen LogP contribution in [-0.2, 0) is 0 Å². The molecule has 20 heavy (non-hydrogen) atoms. The van der Waals surface area contributed by atoms with E-state index in [1.54, 1.807) is 12.1 Å². The minimum absolute atomic E-state index is 0. The number of hydrogen-bond donors (Lipinski definition) is 3. The summed E-state index contributed by atoms with van der Waals surface area (Å²) in [5.41, 5.74) is 5.77. The molecule has 1 aliphatic rings. The Kier molecular flexibility index (Phi) is 7.42. The van der Waals surface area contributed by atoms with Crippen molar-refractivity contribution >= 4 is 35.8 Å². The van der Waals surface area contributed by atoms with E-state index in [9.17, 15) is 4.79 Å². The zero-order valence-electron chi connectivity index (χ0n) is 11.3. The van der Waals surface area contributed by atoms with E-state index in [0.29, 0.717) is 30.9 Å². The third-order valence-corrected chi connectivity index (χ3v) is 3.13. The quantitative estimate of drug-likeness (QED) is 0.306. The van der Waals surface area contributed by atoms with Crippen LogP contribution in [0.15, 0.2) is 27.8 Å². The van der Waals surface area contributed by atoms with Gasteiger partial charge in [-0.3, -0.25) is 9.79 Å². The Morgan fingerprint density at radius 3 is 2.85 bits per heavy atom. The van der Waals surface area contributed by atoms with Crippen molar-refractivity contribution in [1.29, 1.82) is 0 Å². The standard InChI is InChI=1S/C13H20N4O2.HI/c14-13(17-10-4-1-2-5-10)16-8-7-15-12(18)11-6-3-9-19-11;/h3,6,9-10H,1-2,4-5,7-8H2,(H,15,18)(H3,14,16,17);1H. The van der Waals surface area contributed by atoms with Gasteiger partial charge in [-0.05, 0) is 25.0 Å². The van der Waals surface area contributed by atoms with Crippen LogP contribution in [0.2, 0.25) is 0 Å². The highest BCUT2D eigenvalue weighted by molar-refractivity contribution is 14.0. The Morgan fingerprint density at radius 1 is 1.45 bits per heavy atom. The van der Waals surface area contributed by atoms with Gasteiger partial charge in [-0.2, -0.15) is 0 Å². The summed E-state index contributed by atoms with van der Waals surface area (Å²) in [5.74, 6) is 0.530. The van der Waals surface area contributed by atoms with Gasteiger partial charge < -0.3 is 20.8 Å². The third kappa shape index (κ3) is 5.40. The molecule has 0 atom stereocenters. The highest BCUT2D eigenvalue weighted by Crippen LogP contribution is 2.17. The molecule has 0 radical (unpaired) electrons. The molecule has 2 rings (SSSR count). The maximum Gasteiger partial charge on any atom is 0.287 e. The van der Waals surface area contributed by atoms with Crippen molar-refractivity contribution < 1.29 is 9.21 Å². The SMILES string of the molecule is I.NC(=NCCNC(=O)c1ccco1)NC1CCCC1. The maximum atomic E-state index is 11.5. The summed E-state index contributed by atoms with van der Waals surface area (Å²) >= 11 is 0. The van der Waals surface area contributed by atoms with Gasteiger partial charge in [-0.25, -0.2) is 0 Å². The second kappa shape index (κ2) is 8.83. The number of amides is 1. The first-order chi connectivity index (χ1) is 9.25. The number of aliphatic imine (C=N–C) groups is 1. The van der Waals surface area contributed by atoms with Gasteiger partial charge in [0.25, 0.3) is 5.91 Å². The minimum Gasteiger partial charge on any atom is -0.459 e. The molecule has 6 nitrogen and oxygen atoms in total. The van der Waals surface area contributed by atoms with Gasteiger partial charge in [-0.1, -0.05) is 12.8 Å². The lowest BCUT2D eigenvalue weighted by Crippen LogP contribution is -2.39. The Balaban J connectivity index is 0.00000200. The fourth-order valence-corrected chi connectivity index (χ4v) is 2.17. The molecule has 0 aromatic carbocycles. The topological polar surface area (TPSA) is 92.6 Å². The number of halogens is 1. The lowest BCUT2D eigenvalue weighted by Gasteiger charge is -2.12. The van der Waals surface area contributed by atoms with Crippen LogP contribution >= 0.6 is 24.0 Å².